The van der Waals surface area contributed by atoms with E-state index in [1.807, 2.05) is 39.0 Å². The van der Waals surface area contributed by atoms with Crippen LogP contribution in [0, 0.1) is 0 Å². The lowest BCUT2D eigenvalue weighted by molar-refractivity contribution is -0.158. The van der Waals surface area contributed by atoms with Gasteiger partial charge in [0.25, 0.3) is 0 Å². The van der Waals surface area contributed by atoms with Crippen LogP contribution in [-0.2, 0) is 25.6 Å². The molecule has 0 heterocycles. The number of hydrogen-bond donors (Lipinski definition) is 0. The van der Waals surface area contributed by atoms with Crippen LogP contribution in [0.4, 0.5) is 0 Å². The predicted octanol–water partition coefficient (Wildman–Crippen LogP) is 3.48. The quantitative estimate of drug-likeness (QED) is 0.723. The van der Waals surface area contributed by atoms with Crippen molar-refractivity contribution in [3.05, 3.63) is 35.9 Å². The van der Waals surface area contributed by atoms with E-state index in [4.69, 9.17) is 14.2 Å². The minimum absolute atomic E-state index is 0.205. The normalized spacial score (nSPS) is 21.2. The highest BCUT2D eigenvalue weighted by Gasteiger charge is 2.30. The van der Waals surface area contributed by atoms with Crippen LogP contribution >= 0.6 is 0 Å². The fourth-order valence-corrected chi connectivity index (χ4v) is 2.28. The number of benzene rings is 1. The molecule has 0 aliphatic heterocycles. The first-order chi connectivity index (χ1) is 10.4. The van der Waals surface area contributed by atoms with Gasteiger partial charge in [-0.25, -0.2) is 0 Å². The average Bonchev–Trinajstić information content (AvgIpc) is 2.39. The molecule has 0 aromatic heterocycles. The van der Waals surface area contributed by atoms with Gasteiger partial charge in [-0.05, 0) is 39.2 Å². The smallest absolute Gasteiger partial charge is 0.308 e. The van der Waals surface area contributed by atoms with Crippen LogP contribution in [0.1, 0.15) is 45.6 Å². The summed E-state index contributed by atoms with van der Waals surface area (Å²) in [6, 6.07) is 10.2. The lowest BCUT2D eigenvalue weighted by atomic mass is 9.92. The molecule has 1 saturated carbocycles. The van der Waals surface area contributed by atoms with Gasteiger partial charge in [0, 0.05) is 0 Å². The molecule has 0 spiro atoms. The van der Waals surface area contributed by atoms with Gasteiger partial charge in [0.05, 0.1) is 31.8 Å². The Labute approximate surface area is 132 Å². The van der Waals surface area contributed by atoms with Crippen LogP contribution in [-0.4, -0.2) is 30.4 Å². The summed E-state index contributed by atoms with van der Waals surface area (Å²) >= 11 is 0. The maximum Gasteiger partial charge on any atom is 0.308 e. The summed E-state index contributed by atoms with van der Waals surface area (Å²) in [7, 11) is 0. The zero-order valence-electron chi connectivity index (χ0n) is 13.7. The second kappa shape index (κ2) is 7.75. The van der Waals surface area contributed by atoms with Crippen LogP contribution in [0.2, 0.25) is 0 Å². The van der Waals surface area contributed by atoms with Crippen molar-refractivity contribution in [3.8, 4) is 0 Å². The molecule has 0 N–H and O–H groups in total. The summed E-state index contributed by atoms with van der Waals surface area (Å²) in [5, 5.41) is 0. The Morgan fingerprint density at radius 3 is 2.36 bits per heavy atom. The van der Waals surface area contributed by atoms with Gasteiger partial charge in [0.15, 0.2) is 0 Å². The van der Waals surface area contributed by atoms with Gasteiger partial charge in [-0.2, -0.15) is 0 Å². The van der Waals surface area contributed by atoms with E-state index in [-0.39, 0.29) is 18.2 Å². The lowest BCUT2D eigenvalue weighted by Gasteiger charge is -2.35. The van der Waals surface area contributed by atoms with Gasteiger partial charge in [0.2, 0.25) is 0 Å². The standard InChI is InChI=1S/C18H26O4/c1-18(2,3)22-17(19)9-10-20-15-11-16(12-15)21-13-14-7-5-4-6-8-14/h4-8,15-16H,9-13H2,1-3H3. The van der Waals surface area contributed by atoms with E-state index in [9.17, 15) is 4.79 Å². The molecule has 1 aromatic rings. The highest BCUT2D eigenvalue weighted by Crippen LogP contribution is 2.27. The van der Waals surface area contributed by atoms with E-state index in [1.54, 1.807) is 0 Å². The number of rotatable bonds is 7. The van der Waals surface area contributed by atoms with Crippen molar-refractivity contribution < 1.29 is 19.0 Å². The third-order valence-corrected chi connectivity index (χ3v) is 3.46. The summed E-state index contributed by atoms with van der Waals surface area (Å²) in [5.74, 6) is -0.205. The zero-order chi connectivity index (χ0) is 16.0. The molecule has 22 heavy (non-hydrogen) atoms. The Kier molecular flexibility index (Phi) is 5.98. The van der Waals surface area contributed by atoms with Crippen molar-refractivity contribution in [2.24, 2.45) is 0 Å². The van der Waals surface area contributed by atoms with Gasteiger partial charge in [-0.15, -0.1) is 0 Å². The molecule has 2 rings (SSSR count). The number of carbonyl (C=O) groups is 1. The lowest BCUT2D eigenvalue weighted by Crippen LogP contribution is -2.38. The molecule has 0 amide bonds. The van der Waals surface area contributed by atoms with Crippen LogP contribution in [0.5, 0.6) is 0 Å². The summed E-state index contributed by atoms with van der Waals surface area (Å²) < 4.78 is 16.7. The van der Waals surface area contributed by atoms with E-state index in [1.165, 1.54) is 5.56 Å². The van der Waals surface area contributed by atoms with Crippen molar-refractivity contribution in [1.82, 2.24) is 0 Å². The predicted molar refractivity (Wildman–Crippen MR) is 84.5 cm³/mol. The Morgan fingerprint density at radius 1 is 1.09 bits per heavy atom. The van der Waals surface area contributed by atoms with Crippen molar-refractivity contribution >= 4 is 5.97 Å². The van der Waals surface area contributed by atoms with Gasteiger partial charge in [0.1, 0.15) is 5.60 Å². The fourth-order valence-electron chi connectivity index (χ4n) is 2.28. The molecule has 1 aromatic carbocycles. The monoisotopic (exact) mass is 306 g/mol. The Hall–Kier alpha value is -1.39. The molecule has 0 atom stereocenters. The molecule has 0 bridgehead atoms. The van der Waals surface area contributed by atoms with Crippen LogP contribution in [0.25, 0.3) is 0 Å². The van der Waals surface area contributed by atoms with Gasteiger partial charge in [-0.1, -0.05) is 30.3 Å². The van der Waals surface area contributed by atoms with E-state index < -0.39 is 5.60 Å². The van der Waals surface area contributed by atoms with E-state index in [0.29, 0.717) is 19.6 Å². The number of ether oxygens (including phenoxy) is 3. The fraction of sp³-hybridized carbons (Fsp3) is 0.611. The molecule has 122 valence electrons. The van der Waals surface area contributed by atoms with Crippen LogP contribution in [0.15, 0.2) is 30.3 Å². The molecular weight excluding hydrogens is 280 g/mol. The SMILES string of the molecule is CC(C)(C)OC(=O)CCOC1CC(OCc2ccccc2)C1. The van der Waals surface area contributed by atoms with E-state index >= 15 is 0 Å². The molecule has 1 aliphatic rings. The minimum Gasteiger partial charge on any atom is -0.460 e. The average molecular weight is 306 g/mol. The minimum atomic E-state index is -0.427. The number of carbonyl (C=O) groups excluding carboxylic acids is 1. The summed E-state index contributed by atoms with van der Waals surface area (Å²) in [6.07, 6.45) is 2.60. The number of hydrogen-bond acceptors (Lipinski definition) is 4. The molecule has 4 heteroatoms. The summed E-state index contributed by atoms with van der Waals surface area (Å²) in [6.45, 7) is 6.67. The van der Waals surface area contributed by atoms with Gasteiger partial charge < -0.3 is 14.2 Å². The second-order valence-electron chi connectivity index (χ2n) is 6.72. The Bertz CT molecular complexity index is 458. The highest BCUT2D eigenvalue weighted by atomic mass is 16.6. The van der Waals surface area contributed by atoms with Crippen molar-refractivity contribution in [3.63, 3.8) is 0 Å². The third-order valence-electron chi connectivity index (χ3n) is 3.46. The largest absolute Gasteiger partial charge is 0.460 e. The zero-order valence-corrected chi connectivity index (χ0v) is 13.7. The van der Waals surface area contributed by atoms with Gasteiger partial charge in [-0.3, -0.25) is 4.79 Å². The first-order valence-electron chi connectivity index (χ1n) is 7.91. The molecule has 1 fully saturated rings. The van der Waals surface area contributed by atoms with Crippen molar-refractivity contribution in [2.45, 2.75) is 64.4 Å². The third kappa shape index (κ3) is 6.16. The highest BCUT2D eigenvalue weighted by molar-refractivity contribution is 5.69. The first kappa shape index (κ1) is 17.0. The molecule has 0 unspecified atom stereocenters. The topological polar surface area (TPSA) is 44.8 Å². The van der Waals surface area contributed by atoms with E-state index in [2.05, 4.69) is 12.1 Å². The van der Waals surface area contributed by atoms with Gasteiger partial charge >= 0.3 is 5.97 Å². The van der Waals surface area contributed by atoms with Crippen LogP contribution in [0.3, 0.4) is 0 Å². The molecule has 0 radical (unpaired) electrons. The number of esters is 1. The van der Waals surface area contributed by atoms with Crippen molar-refractivity contribution in [2.75, 3.05) is 6.61 Å². The maximum absolute atomic E-state index is 11.5. The molecule has 0 saturated heterocycles. The van der Waals surface area contributed by atoms with Crippen molar-refractivity contribution in [1.29, 1.82) is 0 Å². The molecule has 4 nitrogen and oxygen atoms in total. The van der Waals surface area contributed by atoms with E-state index in [0.717, 1.165) is 12.8 Å². The maximum atomic E-state index is 11.5. The first-order valence-corrected chi connectivity index (χ1v) is 7.91. The second-order valence-corrected chi connectivity index (χ2v) is 6.72. The summed E-state index contributed by atoms with van der Waals surface area (Å²) in [5.41, 5.74) is 0.765. The van der Waals surface area contributed by atoms with Crippen LogP contribution < -0.4 is 0 Å². The summed E-state index contributed by atoms with van der Waals surface area (Å²) in [4.78, 5) is 11.5. The Balaban J connectivity index is 1.52. The Morgan fingerprint density at radius 2 is 1.73 bits per heavy atom. The molecular formula is C18H26O4. The molecule has 1 aliphatic carbocycles.